The van der Waals surface area contributed by atoms with Gasteiger partial charge in [-0.2, -0.15) is 0 Å². The van der Waals surface area contributed by atoms with Crippen molar-refractivity contribution in [2.24, 2.45) is 17.3 Å². The standard InChI is InChI=1S/C38H48FN3O10S/c1-6-9-26(43)13-12-23(16-33(45)52-37(3,4)5)34(46)42-21-27(51-36(48)41-20-24-10-8-11-30(39)29(24)22-41)17-31(42)32(44)19-38(18-25(38)7-2)35(47)40-53(49,50)28-14-15-28/h6-11,23,25,27-28,31H,2,12-22H2,1,3-5H3,(H,40,47)/b9-6+/t23-,25-,27?,31+,38-/m1/s1. The molecular weight excluding hydrogens is 709 g/mol. The fourth-order valence-electron chi connectivity index (χ4n) is 7.18. The number of allylic oxidation sites excluding steroid dienone is 3. The highest BCUT2D eigenvalue weighted by atomic mass is 32.2. The van der Waals surface area contributed by atoms with E-state index in [-0.39, 0.29) is 57.5 Å². The molecule has 2 aliphatic heterocycles. The summed E-state index contributed by atoms with van der Waals surface area (Å²) in [4.78, 5) is 83.4. The Morgan fingerprint density at radius 3 is 2.45 bits per heavy atom. The number of nitrogens with one attached hydrogen (secondary N) is 1. The van der Waals surface area contributed by atoms with Crippen LogP contribution in [-0.2, 0) is 56.6 Å². The number of likely N-dealkylation sites (tertiary alicyclic amines) is 1. The minimum absolute atomic E-state index is 0.0267. The molecule has 5 atom stereocenters. The molecule has 2 heterocycles. The van der Waals surface area contributed by atoms with Crippen molar-refractivity contribution in [3.63, 3.8) is 0 Å². The summed E-state index contributed by atoms with van der Waals surface area (Å²) in [6.45, 7) is 10.3. The van der Waals surface area contributed by atoms with E-state index in [0.29, 0.717) is 24.0 Å². The Bertz CT molecular complexity index is 1820. The zero-order valence-electron chi connectivity index (χ0n) is 30.6. The van der Waals surface area contributed by atoms with Crippen molar-refractivity contribution in [3.8, 4) is 0 Å². The first kappa shape index (κ1) is 39.8. The Labute approximate surface area is 309 Å². The summed E-state index contributed by atoms with van der Waals surface area (Å²) in [6, 6.07) is 3.34. The molecule has 2 saturated carbocycles. The molecule has 0 bridgehead atoms. The Balaban J connectivity index is 1.39. The van der Waals surface area contributed by atoms with Crippen molar-refractivity contribution in [3.05, 3.63) is 60.0 Å². The van der Waals surface area contributed by atoms with Gasteiger partial charge in [0.05, 0.1) is 36.2 Å². The number of ketones is 2. The molecule has 0 aromatic heterocycles. The first-order chi connectivity index (χ1) is 24.9. The number of carbonyl (C=O) groups is 6. The van der Waals surface area contributed by atoms with Crippen LogP contribution in [0.3, 0.4) is 0 Å². The maximum Gasteiger partial charge on any atom is 0.410 e. The molecule has 4 aliphatic rings. The highest BCUT2D eigenvalue weighted by Gasteiger charge is 2.61. The van der Waals surface area contributed by atoms with Gasteiger partial charge in [0.15, 0.2) is 11.6 Å². The van der Waals surface area contributed by atoms with Crippen molar-refractivity contribution in [2.75, 3.05) is 6.54 Å². The quantitative estimate of drug-likeness (QED) is 0.155. The third kappa shape index (κ3) is 9.40. The van der Waals surface area contributed by atoms with Crippen molar-refractivity contribution in [1.29, 1.82) is 0 Å². The fourth-order valence-corrected chi connectivity index (χ4v) is 8.57. The summed E-state index contributed by atoms with van der Waals surface area (Å²) < 4.78 is 53.2. The number of sulfonamides is 1. The molecule has 1 aromatic carbocycles. The number of fused-ring (bicyclic) bond motifs is 1. The van der Waals surface area contributed by atoms with Gasteiger partial charge in [0.2, 0.25) is 21.8 Å². The van der Waals surface area contributed by atoms with Gasteiger partial charge in [0.1, 0.15) is 17.5 Å². The van der Waals surface area contributed by atoms with Gasteiger partial charge < -0.3 is 14.4 Å². The number of benzene rings is 1. The van der Waals surface area contributed by atoms with Crippen LogP contribution in [0.5, 0.6) is 0 Å². The molecule has 1 unspecified atom stereocenters. The molecule has 3 amide bonds. The van der Waals surface area contributed by atoms with E-state index in [1.165, 1.54) is 28.0 Å². The normalized spacial score (nSPS) is 24.4. The predicted molar refractivity (Wildman–Crippen MR) is 189 cm³/mol. The van der Waals surface area contributed by atoms with Crippen molar-refractivity contribution in [1.82, 2.24) is 14.5 Å². The van der Waals surface area contributed by atoms with Crippen molar-refractivity contribution < 1.29 is 51.0 Å². The Morgan fingerprint density at radius 2 is 1.85 bits per heavy atom. The minimum atomic E-state index is -3.92. The number of amides is 3. The van der Waals surface area contributed by atoms with Crippen LogP contribution in [-0.4, -0.2) is 83.2 Å². The summed E-state index contributed by atoms with van der Waals surface area (Å²) in [5.74, 6) is -4.98. The maximum atomic E-state index is 14.4. The summed E-state index contributed by atoms with van der Waals surface area (Å²) >= 11 is 0. The first-order valence-corrected chi connectivity index (χ1v) is 19.5. The largest absolute Gasteiger partial charge is 0.460 e. The molecule has 1 aromatic rings. The summed E-state index contributed by atoms with van der Waals surface area (Å²) in [5, 5.41) is -0.667. The predicted octanol–water partition coefficient (Wildman–Crippen LogP) is 4.28. The van der Waals surface area contributed by atoms with Crippen LogP contribution in [0.4, 0.5) is 9.18 Å². The SMILES string of the molecule is C=C[C@@H]1C[C@]1(CC(=O)[C@@H]1CC(OC(=O)N2Cc3cccc(F)c3C2)CN1C(=O)[C@H](CCC(=O)/C=C/C)CC(=O)OC(C)(C)C)C(=O)NS(=O)(=O)C1CC1. The van der Waals surface area contributed by atoms with Crippen LogP contribution in [0.15, 0.2) is 43.0 Å². The van der Waals surface area contributed by atoms with E-state index in [4.69, 9.17) is 9.47 Å². The van der Waals surface area contributed by atoms with Gasteiger partial charge in [0.25, 0.3) is 0 Å². The van der Waals surface area contributed by atoms with E-state index in [0.717, 1.165) is 0 Å². The molecule has 0 radical (unpaired) electrons. The number of hydrogen-bond acceptors (Lipinski definition) is 10. The molecule has 15 heteroatoms. The second kappa shape index (κ2) is 15.5. The lowest BCUT2D eigenvalue weighted by molar-refractivity contribution is -0.159. The summed E-state index contributed by atoms with van der Waals surface area (Å²) in [6.07, 6.45) is 2.64. The zero-order valence-corrected chi connectivity index (χ0v) is 31.4. The molecule has 288 valence electrons. The van der Waals surface area contributed by atoms with Crippen LogP contribution in [0.2, 0.25) is 0 Å². The molecule has 53 heavy (non-hydrogen) atoms. The van der Waals surface area contributed by atoms with Crippen LogP contribution in [0.25, 0.3) is 0 Å². The number of rotatable bonds is 15. The van der Waals surface area contributed by atoms with Crippen LogP contribution >= 0.6 is 0 Å². The summed E-state index contributed by atoms with van der Waals surface area (Å²) in [5.41, 5.74) is -1.26. The average molecular weight is 758 g/mol. The molecule has 3 fully saturated rings. The van der Waals surface area contributed by atoms with Gasteiger partial charge in [-0.1, -0.05) is 24.3 Å². The lowest BCUT2D eigenvalue weighted by Crippen LogP contribution is -2.46. The number of hydrogen-bond donors (Lipinski definition) is 1. The van der Waals surface area contributed by atoms with E-state index in [9.17, 15) is 41.6 Å². The Morgan fingerprint density at radius 1 is 1.13 bits per heavy atom. The molecule has 13 nitrogen and oxygen atoms in total. The van der Waals surface area contributed by atoms with Crippen LogP contribution in [0.1, 0.15) is 90.2 Å². The van der Waals surface area contributed by atoms with Gasteiger partial charge in [-0.15, -0.1) is 6.58 Å². The molecule has 2 aliphatic carbocycles. The number of carbonyl (C=O) groups excluding carboxylic acids is 6. The molecule has 0 spiro atoms. The average Bonchev–Trinajstić information content (AvgIpc) is 3.96. The second-order valence-corrected chi connectivity index (χ2v) is 17.5. The number of Topliss-reactive ketones (excluding diaryl/α,β-unsaturated/α-hetero) is 1. The van der Waals surface area contributed by atoms with Gasteiger partial charge >= 0.3 is 12.1 Å². The van der Waals surface area contributed by atoms with E-state index >= 15 is 0 Å². The first-order valence-electron chi connectivity index (χ1n) is 18.0. The van der Waals surface area contributed by atoms with E-state index in [1.54, 1.807) is 45.9 Å². The van der Waals surface area contributed by atoms with Gasteiger partial charge in [-0.3, -0.25) is 33.6 Å². The number of ether oxygens (including phenoxy) is 2. The van der Waals surface area contributed by atoms with E-state index < -0.39 is 92.2 Å². The number of halogens is 1. The Kier molecular flexibility index (Phi) is 11.7. The molecular formula is C38H48FN3O10S. The molecule has 5 rings (SSSR count). The van der Waals surface area contributed by atoms with Crippen molar-refractivity contribution in [2.45, 2.75) is 115 Å². The van der Waals surface area contributed by atoms with Crippen molar-refractivity contribution >= 4 is 45.5 Å². The Hall–Kier alpha value is -4.40. The second-order valence-electron chi connectivity index (χ2n) is 15.5. The highest BCUT2D eigenvalue weighted by molar-refractivity contribution is 7.90. The maximum absolute atomic E-state index is 14.4. The smallest absolute Gasteiger partial charge is 0.410 e. The lowest BCUT2D eigenvalue weighted by Gasteiger charge is -2.29. The summed E-state index contributed by atoms with van der Waals surface area (Å²) in [7, 11) is -3.92. The third-order valence-corrected chi connectivity index (χ3v) is 12.0. The molecule has 1 N–H and O–H groups in total. The topological polar surface area (TPSA) is 174 Å². The van der Waals surface area contributed by atoms with E-state index in [2.05, 4.69) is 11.3 Å². The zero-order chi connectivity index (χ0) is 38.9. The fraction of sp³-hybridized carbons (Fsp3) is 0.579. The van der Waals surface area contributed by atoms with Gasteiger partial charge in [0, 0.05) is 37.3 Å². The molecule has 1 saturated heterocycles. The van der Waals surface area contributed by atoms with Gasteiger partial charge in [-0.05, 0) is 77.0 Å². The minimum Gasteiger partial charge on any atom is -0.460 e. The van der Waals surface area contributed by atoms with Gasteiger partial charge in [-0.25, -0.2) is 17.6 Å². The number of esters is 1. The third-order valence-electron chi connectivity index (χ3n) is 10.2. The van der Waals surface area contributed by atoms with E-state index in [1.807, 2.05) is 0 Å². The monoisotopic (exact) mass is 757 g/mol. The highest BCUT2D eigenvalue weighted by Crippen LogP contribution is 2.57. The lowest BCUT2D eigenvalue weighted by atomic mass is 9.90. The number of nitrogens with zero attached hydrogens (tertiary/aromatic N) is 2. The van der Waals surface area contributed by atoms with Crippen LogP contribution in [0, 0.1) is 23.1 Å². The van der Waals surface area contributed by atoms with Crippen LogP contribution < -0.4 is 4.72 Å².